The molecule has 1 aromatic carbocycles. The molecule has 1 saturated heterocycles. The lowest BCUT2D eigenvalue weighted by Gasteiger charge is -2.34. The molecule has 0 saturated carbocycles. The lowest BCUT2D eigenvalue weighted by atomic mass is 9.77. The average molecular weight is 328 g/mol. The molecule has 5 nitrogen and oxygen atoms in total. The Kier molecular flexibility index (Phi) is 5.00. The Morgan fingerprint density at radius 2 is 2.17 bits per heavy atom. The van der Waals surface area contributed by atoms with Crippen molar-refractivity contribution in [3.8, 4) is 11.3 Å². The number of carbonyl (C=O) groups is 1. The monoisotopic (exact) mass is 328 g/mol. The summed E-state index contributed by atoms with van der Waals surface area (Å²) in [6, 6.07) is 10.1. The molecular weight excluding hydrogens is 304 g/mol. The van der Waals surface area contributed by atoms with E-state index in [1.54, 1.807) is 0 Å². The zero-order chi connectivity index (χ0) is 17.0. The van der Waals surface area contributed by atoms with E-state index < -0.39 is 5.41 Å². The van der Waals surface area contributed by atoms with E-state index in [9.17, 15) is 4.79 Å². The van der Waals surface area contributed by atoms with Crippen LogP contribution < -0.4 is 5.32 Å². The Morgan fingerprint density at radius 1 is 1.38 bits per heavy atom. The fourth-order valence-electron chi connectivity index (χ4n) is 3.24. The highest BCUT2D eigenvalue weighted by Gasteiger charge is 2.42. The van der Waals surface area contributed by atoms with Gasteiger partial charge in [-0.25, -0.2) is 0 Å². The molecule has 1 N–H and O–H groups in total. The van der Waals surface area contributed by atoms with Crippen molar-refractivity contribution in [3.63, 3.8) is 0 Å². The predicted molar refractivity (Wildman–Crippen MR) is 91.5 cm³/mol. The van der Waals surface area contributed by atoms with Crippen molar-refractivity contribution < 1.29 is 14.1 Å². The van der Waals surface area contributed by atoms with Crippen molar-refractivity contribution in [2.75, 3.05) is 19.7 Å². The van der Waals surface area contributed by atoms with Crippen LogP contribution in [-0.4, -0.2) is 30.8 Å². The lowest BCUT2D eigenvalue weighted by molar-refractivity contribution is -0.156. The first-order valence-corrected chi connectivity index (χ1v) is 8.53. The molecule has 128 valence electrons. The third-order valence-electron chi connectivity index (χ3n) is 4.60. The second-order valence-corrected chi connectivity index (χ2v) is 6.50. The van der Waals surface area contributed by atoms with Crippen molar-refractivity contribution in [3.05, 3.63) is 41.7 Å². The number of esters is 1. The van der Waals surface area contributed by atoms with Gasteiger partial charge >= 0.3 is 5.97 Å². The maximum atomic E-state index is 12.5. The van der Waals surface area contributed by atoms with Gasteiger partial charge in [0.2, 0.25) is 0 Å². The van der Waals surface area contributed by atoms with E-state index in [2.05, 4.69) is 29.5 Å². The van der Waals surface area contributed by atoms with E-state index in [4.69, 9.17) is 9.26 Å². The van der Waals surface area contributed by atoms with Gasteiger partial charge in [-0.15, -0.1) is 0 Å². The second kappa shape index (κ2) is 7.18. The number of aryl methyl sites for hydroxylation is 1. The summed E-state index contributed by atoms with van der Waals surface area (Å²) in [4.78, 5) is 12.5. The van der Waals surface area contributed by atoms with Crippen LogP contribution in [-0.2, 0) is 16.0 Å². The molecule has 1 aliphatic rings. The molecule has 0 amide bonds. The zero-order valence-corrected chi connectivity index (χ0v) is 14.3. The van der Waals surface area contributed by atoms with Crippen LogP contribution in [0.1, 0.15) is 31.1 Å². The van der Waals surface area contributed by atoms with Crippen LogP contribution in [0.15, 0.2) is 34.9 Å². The molecule has 1 atom stereocenters. The number of nitrogens with one attached hydrogen (secondary N) is 1. The minimum atomic E-state index is -0.557. The molecule has 3 rings (SSSR count). The molecule has 0 spiro atoms. The van der Waals surface area contributed by atoms with Crippen molar-refractivity contribution >= 4 is 5.97 Å². The minimum absolute atomic E-state index is 0.148. The van der Waals surface area contributed by atoms with E-state index in [0.717, 1.165) is 36.4 Å². The van der Waals surface area contributed by atoms with Gasteiger partial charge in [0.15, 0.2) is 0 Å². The first kappa shape index (κ1) is 16.7. The van der Waals surface area contributed by atoms with Crippen LogP contribution in [0.25, 0.3) is 11.3 Å². The zero-order valence-electron chi connectivity index (χ0n) is 14.3. The quantitative estimate of drug-likeness (QED) is 0.854. The number of rotatable bonds is 5. The summed E-state index contributed by atoms with van der Waals surface area (Å²) in [5.41, 5.74) is 2.46. The molecule has 0 aliphatic carbocycles. The van der Waals surface area contributed by atoms with E-state index in [1.807, 2.05) is 25.1 Å². The van der Waals surface area contributed by atoms with Crippen molar-refractivity contribution in [1.82, 2.24) is 10.5 Å². The number of carbonyl (C=O) groups excluding carboxylic acids is 1. The fraction of sp³-hybridized carbons (Fsp3) is 0.474. The number of ether oxygens (including phenoxy) is 1. The number of nitrogens with zero attached hydrogens (tertiary/aromatic N) is 1. The lowest BCUT2D eigenvalue weighted by Crippen LogP contribution is -2.47. The summed E-state index contributed by atoms with van der Waals surface area (Å²) >= 11 is 0. The van der Waals surface area contributed by atoms with Gasteiger partial charge in [0.1, 0.15) is 11.5 Å². The summed E-state index contributed by atoms with van der Waals surface area (Å²) in [6.45, 7) is 5.84. The fourth-order valence-corrected chi connectivity index (χ4v) is 3.24. The Labute approximate surface area is 142 Å². The highest BCUT2D eigenvalue weighted by atomic mass is 16.5. The molecule has 2 heterocycles. The predicted octanol–water partition coefficient (Wildman–Crippen LogP) is 3.13. The molecule has 5 heteroatoms. The van der Waals surface area contributed by atoms with Crippen LogP contribution >= 0.6 is 0 Å². The van der Waals surface area contributed by atoms with E-state index in [-0.39, 0.29) is 5.97 Å². The van der Waals surface area contributed by atoms with Gasteiger partial charge < -0.3 is 14.6 Å². The summed E-state index contributed by atoms with van der Waals surface area (Å²) in [5.74, 6) is 0.577. The minimum Gasteiger partial charge on any atom is -0.466 e. The first-order valence-electron chi connectivity index (χ1n) is 8.53. The summed E-state index contributed by atoms with van der Waals surface area (Å²) in [6.07, 6.45) is 2.27. The molecule has 1 aromatic heterocycles. The largest absolute Gasteiger partial charge is 0.466 e. The van der Waals surface area contributed by atoms with Gasteiger partial charge in [-0.2, -0.15) is 0 Å². The van der Waals surface area contributed by atoms with Crippen molar-refractivity contribution in [2.45, 2.75) is 33.1 Å². The third-order valence-corrected chi connectivity index (χ3v) is 4.60. The smallest absolute Gasteiger partial charge is 0.313 e. The highest BCUT2D eigenvalue weighted by Crippen LogP contribution is 2.33. The van der Waals surface area contributed by atoms with Gasteiger partial charge in [0.25, 0.3) is 0 Å². The summed E-state index contributed by atoms with van der Waals surface area (Å²) in [5, 5.41) is 7.49. The maximum absolute atomic E-state index is 12.5. The number of benzene rings is 1. The molecule has 0 bridgehead atoms. The first-order chi connectivity index (χ1) is 11.6. The van der Waals surface area contributed by atoms with Crippen LogP contribution in [0.3, 0.4) is 0 Å². The summed E-state index contributed by atoms with van der Waals surface area (Å²) in [7, 11) is 0. The molecule has 24 heavy (non-hydrogen) atoms. The number of hydrogen-bond acceptors (Lipinski definition) is 5. The van der Waals surface area contributed by atoms with E-state index >= 15 is 0 Å². The van der Waals surface area contributed by atoms with Gasteiger partial charge in [-0.1, -0.05) is 35.0 Å². The van der Waals surface area contributed by atoms with Gasteiger partial charge in [0.05, 0.1) is 12.0 Å². The van der Waals surface area contributed by atoms with Crippen LogP contribution in [0, 0.1) is 12.3 Å². The highest BCUT2D eigenvalue weighted by molar-refractivity contribution is 5.77. The maximum Gasteiger partial charge on any atom is 0.313 e. The number of hydrogen-bond donors (Lipinski definition) is 1. The number of piperidine rings is 1. The molecule has 2 aromatic rings. The van der Waals surface area contributed by atoms with Crippen molar-refractivity contribution in [2.24, 2.45) is 5.41 Å². The third kappa shape index (κ3) is 3.51. The van der Waals surface area contributed by atoms with Gasteiger partial charge in [-0.05, 0) is 33.2 Å². The molecule has 0 radical (unpaired) electrons. The van der Waals surface area contributed by atoms with Crippen LogP contribution in [0.5, 0.6) is 0 Å². The molecule has 1 aliphatic heterocycles. The second-order valence-electron chi connectivity index (χ2n) is 6.50. The van der Waals surface area contributed by atoms with E-state index in [0.29, 0.717) is 19.6 Å². The SMILES string of the molecule is CCOC(=O)C1(Cc2cc(-c3ccc(C)cc3)no2)CCCNC1. The van der Waals surface area contributed by atoms with Crippen molar-refractivity contribution in [1.29, 1.82) is 0 Å². The van der Waals surface area contributed by atoms with Crippen LogP contribution in [0.4, 0.5) is 0 Å². The normalized spacial score (nSPS) is 20.8. The molecule has 1 unspecified atom stereocenters. The van der Waals surface area contributed by atoms with Gasteiger partial charge in [0, 0.05) is 24.6 Å². The Hall–Kier alpha value is -2.14. The Balaban J connectivity index is 1.80. The standard InChI is InChI=1S/C19H24N2O3/c1-3-23-18(22)19(9-4-10-20-13-19)12-16-11-17(21-24-16)15-7-5-14(2)6-8-15/h5-8,11,20H,3-4,9-10,12-13H2,1-2H3. The summed E-state index contributed by atoms with van der Waals surface area (Å²) < 4.78 is 10.8. The number of aromatic nitrogens is 1. The average Bonchev–Trinajstić information content (AvgIpc) is 3.05. The topological polar surface area (TPSA) is 64.4 Å². The Bertz CT molecular complexity index is 685. The molecule has 1 fully saturated rings. The molecular formula is C19H24N2O3. The van der Waals surface area contributed by atoms with Crippen LogP contribution in [0.2, 0.25) is 0 Å². The van der Waals surface area contributed by atoms with E-state index in [1.165, 1.54) is 5.56 Å². The Morgan fingerprint density at radius 3 is 2.83 bits per heavy atom. The van der Waals surface area contributed by atoms with Gasteiger partial charge in [-0.3, -0.25) is 4.79 Å².